The summed E-state index contributed by atoms with van der Waals surface area (Å²) in [5.74, 6) is -0.112. The van der Waals surface area contributed by atoms with E-state index < -0.39 is 0 Å². The van der Waals surface area contributed by atoms with Crippen LogP contribution in [0, 0.1) is 11.3 Å². The highest BCUT2D eigenvalue weighted by atomic mass is 16.2. The molecule has 0 radical (unpaired) electrons. The van der Waals surface area contributed by atoms with Crippen molar-refractivity contribution in [3.8, 4) is 0 Å². The van der Waals surface area contributed by atoms with Gasteiger partial charge in [-0.15, -0.1) is 0 Å². The minimum atomic E-state index is -0.213. The molecule has 2 amide bonds. The van der Waals surface area contributed by atoms with Gasteiger partial charge in [-0.05, 0) is 25.5 Å². The fraction of sp³-hybridized carbons (Fsp3) is 0.400. The lowest BCUT2D eigenvalue weighted by Crippen LogP contribution is -2.64. The first-order valence-corrected chi connectivity index (χ1v) is 11.2. The number of nitrogens with one attached hydrogen (secondary N) is 2. The Labute approximate surface area is 187 Å². The topological polar surface area (TPSA) is 81.3 Å². The average molecular weight is 432 g/mol. The van der Waals surface area contributed by atoms with Crippen molar-refractivity contribution in [2.45, 2.75) is 26.4 Å². The van der Waals surface area contributed by atoms with Crippen LogP contribution in [0.3, 0.4) is 0 Å². The molecule has 1 atom stereocenters. The fourth-order valence-corrected chi connectivity index (χ4v) is 5.23. The number of H-pyrrole nitrogens is 1. The Morgan fingerprint density at radius 1 is 1.09 bits per heavy atom. The smallest absolute Gasteiger partial charge is 0.275 e. The SMILES string of the molecule is CC(C)NC(=O)C1CN(Cc2ccccc2)CC12CN(C(=O)c1n[nH]c3ccccc13)C2. The molecule has 7 nitrogen and oxygen atoms in total. The van der Waals surface area contributed by atoms with E-state index in [1.807, 2.05) is 61.2 Å². The number of hydrogen-bond acceptors (Lipinski definition) is 4. The number of nitrogens with zero attached hydrogens (tertiary/aromatic N) is 3. The number of carbonyl (C=O) groups excluding carboxylic acids is 2. The number of aromatic nitrogens is 2. The number of likely N-dealkylation sites (tertiary alicyclic amines) is 2. The van der Waals surface area contributed by atoms with Gasteiger partial charge in [0.1, 0.15) is 0 Å². The maximum atomic E-state index is 13.2. The molecule has 2 aliphatic rings. The maximum Gasteiger partial charge on any atom is 0.275 e. The van der Waals surface area contributed by atoms with E-state index in [1.54, 1.807) is 0 Å². The van der Waals surface area contributed by atoms with Crippen molar-refractivity contribution in [3.63, 3.8) is 0 Å². The summed E-state index contributed by atoms with van der Waals surface area (Å²) in [5.41, 5.74) is 2.34. The third-order valence-corrected chi connectivity index (χ3v) is 6.69. The molecule has 0 saturated carbocycles. The van der Waals surface area contributed by atoms with Crippen LogP contribution in [0.5, 0.6) is 0 Å². The molecule has 2 aromatic carbocycles. The van der Waals surface area contributed by atoms with Crippen LogP contribution in [0.1, 0.15) is 29.9 Å². The summed E-state index contributed by atoms with van der Waals surface area (Å²) in [6, 6.07) is 18.1. The van der Waals surface area contributed by atoms with Gasteiger partial charge in [-0.2, -0.15) is 5.10 Å². The van der Waals surface area contributed by atoms with Gasteiger partial charge in [0.05, 0.1) is 11.4 Å². The predicted molar refractivity (Wildman–Crippen MR) is 123 cm³/mol. The monoisotopic (exact) mass is 431 g/mol. The van der Waals surface area contributed by atoms with Crippen LogP contribution in [0.2, 0.25) is 0 Å². The first kappa shape index (κ1) is 20.7. The molecule has 1 unspecified atom stereocenters. The number of carbonyl (C=O) groups is 2. The summed E-state index contributed by atoms with van der Waals surface area (Å²) in [4.78, 5) is 30.5. The lowest BCUT2D eigenvalue weighted by atomic mass is 9.71. The summed E-state index contributed by atoms with van der Waals surface area (Å²) in [6.07, 6.45) is 0. The highest BCUT2D eigenvalue weighted by Crippen LogP contribution is 2.45. The molecule has 0 aliphatic carbocycles. The summed E-state index contributed by atoms with van der Waals surface area (Å²) >= 11 is 0. The van der Waals surface area contributed by atoms with Crippen molar-refractivity contribution < 1.29 is 9.59 Å². The van der Waals surface area contributed by atoms with Gasteiger partial charge < -0.3 is 10.2 Å². The summed E-state index contributed by atoms with van der Waals surface area (Å²) in [6.45, 7) is 7.46. The molecule has 32 heavy (non-hydrogen) atoms. The number of benzene rings is 2. The largest absolute Gasteiger partial charge is 0.354 e. The van der Waals surface area contributed by atoms with E-state index in [0.717, 1.165) is 24.0 Å². The maximum absolute atomic E-state index is 13.2. The van der Waals surface area contributed by atoms with Crippen molar-refractivity contribution in [1.29, 1.82) is 0 Å². The highest BCUT2D eigenvalue weighted by Gasteiger charge is 2.58. The molecule has 3 heterocycles. The first-order chi connectivity index (χ1) is 15.4. The minimum absolute atomic E-state index is 0.0717. The third-order valence-electron chi connectivity index (χ3n) is 6.69. The van der Waals surface area contributed by atoms with Gasteiger partial charge in [0.25, 0.3) is 5.91 Å². The Balaban J connectivity index is 1.34. The van der Waals surface area contributed by atoms with E-state index in [2.05, 4.69) is 32.5 Å². The van der Waals surface area contributed by atoms with Gasteiger partial charge in [-0.3, -0.25) is 19.6 Å². The highest BCUT2D eigenvalue weighted by molar-refractivity contribution is 6.05. The number of para-hydroxylation sites is 1. The Kier molecular flexibility index (Phi) is 5.21. The second kappa shape index (κ2) is 8.06. The number of fused-ring (bicyclic) bond motifs is 1. The number of amides is 2. The molecule has 2 fully saturated rings. The number of hydrogen-bond donors (Lipinski definition) is 2. The predicted octanol–water partition coefficient (Wildman–Crippen LogP) is 2.66. The zero-order valence-electron chi connectivity index (χ0n) is 18.5. The van der Waals surface area contributed by atoms with Crippen molar-refractivity contribution in [2.75, 3.05) is 26.2 Å². The number of aromatic amines is 1. The molecule has 166 valence electrons. The second-order valence-corrected chi connectivity index (χ2v) is 9.51. The normalized spacial score (nSPS) is 20.1. The van der Waals surface area contributed by atoms with Gasteiger partial charge in [0.2, 0.25) is 5.91 Å². The van der Waals surface area contributed by atoms with E-state index in [4.69, 9.17) is 0 Å². The van der Waals surface area contributed by atoms with Crippen LogP contribution in [0.4, 0.5) is 0 Å². The van der Waals surface area contributed by atoms with Gasteiger partial charge in [0.15, 0.2) is 5.69 Å². The fourth-order valence-electron chi connectivity index (χ4n) is 5.23. The third kappa shape index (κ3) is 3.66. The van der Waals surface area contributed by atoms with E-state index in [0.29, 0.717) is 25.3 Å². The molecular weight excluding hydrogens is 402 g/mol. The summed E-state index contributed by atoms with van der Waals surface area (Å²) in [7, 11) is 0. The Morgan fingerprint density at radius 2 is 1.81 bits per heavy atom. The zero-order chi connectivity index (χ0) is 22.3. The molecule has 2 saturated heterocycles. The van der Waals surface area contributed by atoms with Gasteiger partial charge in [-0.1, -0.05) is 48.5 Å². The molecule has 2 N–H and O–H groups in total. The minimum Gasteiger partial charge on any atom is -0.354 e. The Hall–Kier alpha value is -3.19. The van der Waals surface area contributed by atoms with E-state index in [1.165, 1.54) is 5.56 Å². The van der Waals surface area contributed by atoms with Gasteiger partial charge in [0, 0.05) is 49.6 Å². The first-order valence-electron chi connectivity index (χ1n) is 11.2. The molecule has 7 heteroatoms. The number of rotatable bonds is 5. The van der Waals surface area contributed by atoms with Crippen LogP contribution in [0.15, 0.2) is 54.6 Å². The van der Waals surface area contributed by atoms with E-state index in [-0.39, 0.29) is 29.2 Å². The van der Waals surface area contributed by atoms with Crippen LogP contribution < -0.4 is 5.32 Å². The van der Waals surface area contributed by atoms with Crippen LogP contribution in [-0.2, 0) is 11.3 Å². The lowest BCUT2D eigenvalue weighted by molar-refractivity contribution is -0.131. The van der Waals surface area contributed by atoms with Gasteiger partial charge in [-0.25, -0.2) is 0 Å². The molecule has 3 aromatic rings. The molecule has 1 spiro atoms. The van der Waals surface area contributed by atoms with Gasteiger partial charge >= 0.3 is 0 Å². The van der Waals surface area contributed by atoms with E-state index in [9.17, 15) is 9.59 Å². The van der Waals surface area contributed by atoms with Crippen LogP contribution in [-0.4, -0.2) is 64.0 Å². The average Bonchev–Trinajstić information content (AvgIpc) is 3.34. The van der Waals surface area contributed by atoms with Crippen molar-refractivity contribution in [1.82, 2.24) is 25.3 Å². The van der Waals surface area contributed by atoms with Crippen LogP contribution in [0.25, 0.3) is 10.9 Å². The summed E-state index contributed by atoms with van der Waals surface area (Å²) < 4.78 is 0. The van der Waals surface area contributed by atoms with Crippen LogP contribution >= 0.6 is 0 Å². The summed E-state index contributed by atoms with van der Waals surface area (Å²) in [5, 5.41) is 11.2. The molecule has 5 rings (SSSR count). The Bertz CT molecular complexity index is 1130. The van der Waals surface area contributed by atoms with Crippen molar-refractivity contribution in [3.05, 3.63) is 65.9 Å². The quantitative estimate of drug-likeness (QED) is 0.651. The molecule has 2 aliphatic heterocycles. The van der Waals surface area contributed by atoms with E-state index >= 15 is 0 Å². The molecular formula is C25H29N5O2. The Morgan fingerprint density at radius 3 is 2.56 bits per heavy atom. The lowest BCUT2D eigenvalue weighted by Gasteiger charge is -2.50. The zero-order valence-corrected chi connectivity index (χ0v) is 18.5. The van der Waals surface area contributed by atoms with Crippen molar-refractivity contribution >= 4 is 22.7 Å². The molecule has 0 bridgehead atoms. The van der Waals surface area contributed by atoms with Crippen molar-refractivity contribution in [2.24, 2.45) is 11.3 Å². The molecule has 1 aromatic heterocycles. The standard InChI is InChI=1S/C25H29N5O2/c1-17(2)26-23(31)20-13-29(12-18-8-4-3-5-9-18)14-25(20)15-30(16-25)24(32)22-19-10-6-7-11-21(19)27-28-22/h3-11,17,20H,12-16H2,1-2H3,(H,26,31)(H,27,28). The second-order valence-electron chi connectivity index (χ2n) is 9.51.